The molecular weight excluding hydrogens is 224 g/mol. The van der Waals surface area contributed by atoms with Crippen LogP contribution >= 0.6 is 0 Å². The molecule has 1 aliphatic carbocycles. The normalized spacial score (nSPS) is 21.9. The molecule has 3 N–H and O–H groups in total. The number of rotatable bonds is 4. The molecule has 0 amide bonds. The van der Waals surface area contributed by atoms with Crippen molar-refractivity contribution in [2.24, 2.45) is 17.7 Å². The minimum atomic E-state index is 0.213. The lowest BCUT2D eigenvalue weighted by Crippen LogP contribution is -2.34. The molecule has 1 saturated carbocycles. The Kier molecular flexibility index (Phi) is 3.27. The van der Waals surface area contributed by atoms with Gasteiger partial charge < -0.3 is 4.74 Å². The third-order valence-corrected chi connectivity index (χ3v) is 4.37. The smallest absolute Gasteiger partial charge is 0.127 e. The van der Waals surface area contributed by atoms with Gasteiger partial charge in [-0.1, -0.05) is 25.1 Å². The van der Waals surface area contributed by atoms with Crippen molar-refractivity contribution < 1.29 is 4.74 Å². The monoisotopic (exact) mass is 246 g/mol. The van der Waals surface area contributed by atoms with Crippen molar-refractivity contribution in [3.8, 4) is 5.75 Å². The minimum Gasteiger partial charge on any atom is -0.493 e. The van der Waals surface area contributed by atoms with Crippen LogP contribution in [-0.4, -0.2) is 6.61 Å². The van der Waals surface area contributed by atoms with E-state index in [1.54, 1.807) is 0 Å². The lowest BCUT2D eigenvalue weighted by Gasteiger charge is -2.28. The SMILES string of the molecule is CC(C1CC1)C(NN)c1cccc2c1OCCC2. The summed E-state index contributed by atoms with van der Waals surface area (Å²) in [6.45, 7) is 3.13. The zero-order valence-corrected chi connectivity index (χ0v) is 11.0. The van der Waals surface area contributed by atoms with E-state index >= 15 is 0 Å². The van der Waals surface area contributed by atoms with Crippen LogP contribution in [0.1, 0.15) is 43.4 Å². The van der Waals surface area contributed by atoms with E-state index in [4.69, 9.17) is 10.6 Å². The Hall–Kier alpha value is -1.06. The lowest BCUT2D eigenvalue weighted by atomic mass is 9.88. The van der Waals surface area contributed by atoms with Gasteiger partial charge in [-0.2, -0.15) is 0 Å². The molecular formula is C15H22N2O. The van der Waals surface area contributed by atoms with Crippen LogP contribution in [0.4, 0.5) is 0 Å². The fourth-order valence-corrected chi connectivity index (χ4v) is 3.08. The molecule has 2 aliphatic rings. The predicted octanol–water partition coefficient (Wildman–Crippen LogP) is 2.56. The number of nitrogens with one attached hydrogen (secondary N) is 1. The maximum Gasteiger partial charge on any atom is 0.127 e. The summed E-state index contributed by atoms with van der Waals surface area (Å²) < 4.78 is 5.89. The van der Waals surface area contributed by atoms with Crippen molar-refractivity contribution in [3.05, 3.63) is 29.3 Å². The highest BCUT2D eigenvalue weighted by Crippen LogP contribution is 2.45. The summed E-state index contributed by atoms with van der Waals surface area (Å²) in [5, 5.41) is 0. The number of para-hydroxylation sites is 1. The highest BCUT2D eigenvalue weighted by atomic mass is 16.5. The van der Waals surface area contributed by atoms with Crippen LogP contribution in [0.15, 0.2) is 18.2 Å². The number of fused-ring (bicyclic) bond motifs is 1. The molecule has 0 aromatic heterocycles. The Balaban J connectivity index is 1.93. The number of nitrogens with two attached hydrogens (primary N) is 1. The summed E-state index contributed by atoms with van der Waals surface area (Å²) in [6.07, 6.45) is 4.93. The number of benzene rings is 1. The Bertz CT molecular complexity index is 429. The Morgan fingerprint density at radius 3 is 2.94 bits per heavy atom. The molecule has 0 bridgehead atoms. The molecule has 0 radical (unpaired) electrons. The van der Waals surface area contributed by atoms with Crippen molar-refractivity contribution in [2.45, 2.75) is 38.6 Å². The summed E-state index contributed by atoms with van der Waals surface area (Å²) in [6, 6.07) is 6.68. The first kappa shape index (κ1) is 12.0. The van der Waals surface area contributed by atoms with Crippen molar-refractivity contribution >= 4 is 0 Å². The van der Waals surface area contributed by atoms with Crippen LogP contribution in [0.5, 0.6) is 5.75 Å². The average Bonchev–Trinajstić information content (AvgIpc) is 3.24. The van der Waals surface area contributed by atoms with Crippen LogP contribution in [0.25, 0.3) is 0 Å². The summed E-state index contributed by atoms with van der Waals surface area (Å²) >= 11 is 0. The highest BCUT2D eigenvalue weighted by Gasteiger charge is 2.35. The van der Waals surface area contributed by atoms with Gasteiger partial charge in [-0.05, 0) is 43.1 Å². The fraction of sp³-hybridized carbons (Fsp3) is 0.600. The fourth-order valence-electron chi connectivity index (χ4n) is 3.08. The van der Waals surface area contributed by atoms with Gasteiger partial charge in [-0.15, -0.1) is 0 Å². The number of ether oxygens (including phenoxy) is 1. The van der Waals surface area contributed by atoms with Gasteiger partial charge >= 0.3 is 0 Å². The van der Waals surface area contributed by atoms with E-state index in [-0.39, 0.29) is 6.04 Å². The zero-order valence-electron chi connectivity index (χ0n) is 11.0. The molecule has 1 aliphatic heterocycles. The first-order valence-electron chi connectivity index (χ1n) is 7.02. The minimum absolute atomic E-state index is 0.213. The highest BCUT2D eigenvalue weighted by molar-refractivity contribution is 5.44. The second-order valence-corrected chi connectivity index (χ2v) is 5.63. The van der Waals surface area contributed by atoms with E-state index in [9.17, 15) is 0 Å². The average molecular weight is 246 g/mol. The Morgan fingerprint density at radius 1 is 1.39 bits per heavy atom. The van der Waals surface area contributed by atoms with E-state index in [1.165, 1.54) is 24.0 Å². The summed E-state index contributed by atoms with van der Waals surface area (Å²) in [7, 11) is 0. The molecule has 1 aromatic rings. The van der Waals surface area contributed by atoms with Crippen molar-refractivity contribution in [3.63, 3.8) is 0 Å². The van der Waals surface area contributed by atoms with Crippen LogP contribution in [0, 0.1) is 11.8 Å². The van der Waals surface area contributed by atoms with Gasteiger partial charge in [0.2, 0.25) is 0 Å². The second kappa shape index (κ2) is 4.90. The molecule has 0 spiro atoms. The molecule has 98 valence electrons. The molecule has 18 heavy (non-hydrogen) atoms. The largest absolute Gasteiger partial charge is 0.493 e. The van der Waals surface area contributed by atoms with Gasteiger partial charge in [0.05, 0.1) is 12.6 Å². The molecule has 1 fully saturated rings. The first-order chi connectivity index (χ1) is 8.81. The lowest BCUT2D eigenvalue weighted by molar-refractivity contribution is 0.272. The van der Waals surface area contributed by atoms with Gasteiger partial charge in [0, 0.05) is 5.56 Å². The van der Waals surface area contributed by atoms with Crippen molar-refractivity contribution in [1.82, 2.24) is 5.43 Å². The first-order valence-corrected chi connectivity index (χ1v) is 7.02. The van der Waals surface area contributed by atoms with Gasteiger partial charge in [0.15, 0.2) is 0 Å². The van der Waals surface area contributed by atoms with E-state index in [2.05, 4.69) is 30.5 Å². The zero-order chi connectivity index (χ0) is 12.5. The number of hydrogen-bond acceptors (Lipinski definition) is 3. The van der Waals surface area contributed by atoms with Gasteiger partial charge in [-0.25, -0.2) is 0 Å². The van der Waals surface area contributed by atoms with Gasteiger partial charge in [0.25, 0.3) is 0 Å². The van der Waals surface area contributed by atoms with Crippen LogP contribution in [0.3, 0.4) is 0 Å². The quantitative estimate of drug-likeness (QED) is 0.634. The molecule has 0 saturated heterocycles. The van der Waals surface area contributed by atoms with E-state index < -0.39 is 0 Å². The summed E-state index contributed by atoms with van der Waals surface area (Å²) in [4.78, 5) is 0. The molecule has 3 nitrogen and oxygen atoms in total. The van der Waals surface area contributed by atoms with Crippen LogP contribution in [0.2, 0.25) is 0 Å². The molecule has 1 aromatic carbocycles. The summed E-state index contributed by atoms with van der Waals surface area (Å²) in [5.41, 5.74) is 5.59. The molecule has 3 heteroatoms. The third kappa shape index (κ3) is 2.13. The van der Waals surface area contributed by atoms with Crippen molar-refractivity contribution in [2.75, 3.05) is 6.61 Å². The number of aryl methyl sites for hydroxylation is 1. The Morgan fingerprint density at radius 2 is 2.22 bits per heavy atom. The maximum absolute atomic E-state index is 5.89. The standard InChI is InChI=1S/C15H22N2O/c1-10(11-7-8-11)14(17-16)13-6-2-4-12-5-3-9-18-15(12)13/h2,4,6,10-11,14,17H,3,5,7-9,16H2,1H3. The van der Waals surface area contributed by atoms with Crippen LogP contribution in [-0.2, 0) is 6.42 Å². The number of hydrogen-bond donors (Lipinski definition) is 2. The molecule has 2 atom stereocenters. The second-order valence-electron chi connectivity index (χ2n) is 5.63. The van der Waals surface area contributed by atoms with E-state index in [0.717, 1.165) is 31.1 Å². The van der Waals surface area contributed by atoms with Crippen LogP contribution < -0.4 is 16.0 Å². The predicted molar refractivity (Wildman–Crippen MR) is 72.2 cm³/mol. The summed E-state index contributed by atoms with van der Waals surface area (Å²) in [5.74, 6) is 8.28. The topological polar surface area (TPSA) is 47.3 Å². The molecule has 2 unspecified atom stereocenters. The van der Waals surface area contributed by atoms with E-state index in [0.29, 0.717) is 5.92 Å². The Labute approximate surface area is 109 Å². The maximum atomic E-state index is 5.89. The van der Waals surface area contributed by atoms with Gasteiger partial charge in [0.1, 0.15) is 5.75 Å². The third-order valence-electron chi connectivity index (χ3n) is 4.37. The number of hydrazine groups is 1. The van der Waals surface area contributed by atoms with Gasteiger partial charge in [-0.3, -0.25) is 11.3 Å². The van der Waals surface area contributed by atoms with E-state index in [1.807, 2.05) is 0 Å². The molecule has 3 rings (SSSR count). The molecule has 1 heterocycles. The van der Waals surface area contributed by atoms with Crippen molar-refractivity contribution in [1.29, 1.82) is 0 Å².